The van der Waals surface area contributed by atoms with Crippen LogP contribution in [0.2, 0.25) is 0 Å². The second-order valence-electron chi connectivity index (χ2n) is 4.89. The molecule has 1 fully saturated rings. The fraction of sp³-hybridized carbons (Fsp3) is 0.357. The van der Waals surface area contributed by atoms with Crippen LogP contribution in [0.5, 0.6) is 0 Å². The van der Waals surface area contributed by atoms with Gasteiger partial charge in [0.25, 0.3) is 0 Å². The SMILES string of the molecule is O=C1CC(CS)CN1Cc1cccc2cc[nH]c12. The van der Waals surface area contributed by atoms with E-state index in [1.807, 2.05) is 17.2 Å². The van der Waals surface area contributed by atoms with Crippen molar-refractivity contribution >= 4 is 29.4 Å². The number of carbonyl (C=O) groups excluding carboxylic acids is 1. The monoisotopic (exact) mass is 260 g/mol. The molecule has 1 N–H and O–H groups in total. The average molecular weight is 260 g/mol. The molecule has 1 aliphatic heterocycles. The summed E-state index contributed by atoms with van der Waals surface area (Å²) >= 11 is 4.29. The Bertz CT molecular complexity index is 578. The Morgan fingerprint density at radius 2 is 2.28 bits per heavy atom. The molecular formula is C14H16N2OS. The topological polar surface area (TPSA) is 36.1 Å². The van der Waals surface area contributed by atoms with Gasteiger partial charge in [-0.2, -0.15) is 12.6 Å². The Labute approximate surface area is 112 Å². The summed E-state index contributed by atoms with van der Waals surface area (Å²) in [4.78, 5) is 17.1. The number of nitrogens with one attached hydrogen (secondary N) is 1. The van der Waals surface area contributed by atoms with Gasteiger partial charge in [0.15, 0.2) is 0 Å². The highest BCUT2D eigenvalue weighted by atomic mass is 32.1. The zero-order valence-corrected chi connectivity index (χ0v) is 11.0. The van der Waals surface area contributed by atoms with Crippen molar-refractivity contribution in [2.75, 3.05) is 12.3 Å². The quantitative estimate of drug-likeness (QED) is 0.817. The lowest BCUT2D eigenvalue weighted by atomic mass is 10.1. The molecule has 0 aliphatic carbocycles. The largest absolute Gasteiger partial charge is 0.361 e. The van der Waals surface area contributed by atoms with Gasteiger partial charge in [-0.1, -0.05) is 18.2 Å². The van der Waals surface area contributed by atoms with Gasteiger partial charge in [0.2, 0.25) is 5.91 Å². The number of amides is 1. The van der Waals surface area contributed by atoms with E-state index in [2.05, 4.69) is 35.8 Å². The number of carbonyl (C=O) groups is 1. The number of hydrogen-bond donors (Lipinski definition) is 2. The molecule has 1 saturated heterocycles. The number of aromatic amines is 1. The van der Waals surface area contributed by atoms with Gasteiger partial charge in [-0.05, 0) is 28.7 Å². The zero-order chi connectivity index (χ0) is 12.5. The van der Waals surface area contributed by atoms with Crippen molar-refractivity contribution < 1.29 is 4.79 Å². The molecule has 1 unspecified atom stereocenters. The fourth-order valence-electron chi connectivity index (χ4n) is 2.62. The van der Waals surface area contributed by atoms with Crippen molar-refractivity contribution in [2.45, 2.75) is 13.0 Å². The Hall–Kier alpha value is -1.42. The van der Waals surface area contributed by atoms with Crippen LogP contribution in [0.4, 0.5) is 0 Å². The summed E-state index contributed by atoms with van der Waals surface area (Å²) in [6.45, 7) is 1.53. The van der Waals surface area contributed by atoms with E-state index in [9.17, 15) is 4.79 Å². The van der Waals surface area contributed by atoms with E-state index in [0.29, 0.717) is 18.9 Å². The maximum atomic E-state index is 11.9. The summed E-state index contributed by atoms with van der Waals surface area (Å²) in [6, 6.07) is 8.26. The Morgan fingerprint density at radius 3 is 3.06 bits per heavy atom. The molecule has 4 heteroatoms. The molecule has 0 saturated carbocycles. The average Bonchev–Trinajstić information content (AvgIpc) is 2.97. The third kappa shape index (κ3) is 2.01. The number of H-pyrrole nitrogens is 1. The number of aromatic nitrogens is 1. The molecule has 1 atom stereocenters. The van der Waals surface area contributed by atoms with Crippen LogP contribution in [-0.2, 0) is 11.3 Å². The van der Waals surface area contributed by atoms with Gasteiger partial charge in [-0.15, -0.1) is 0 Å². The van der Waals surface area contributed by atoms with Crippen molar-refractivity contribution in [3.05, 3.63) is 36.0 Å². The number of thiol groups is 1. The minimum atomic E-state index is 0.248. The highest BCUT2D eigenvalue weighted by Gasteiger charge is 2.28. The van der Waals surface area contributed by atoms with Gasteiger partial charge in [0.05, 0.1) is 5.52 Å². The maximum absolute atomic E-state index is 11.9. The molecule has 1 aliphatic rings. The Morgan fingerprint density at radius 1 is 1.39 bits per heavy atom. The molecule has 2 aromatic rings. The van der Waals surface area contributed by atoms with Crippen molar-refractivity contribution in [2.24, 2.45) is 5.92 Å². The van der Waals surface area contributed by atoms with Crippen molar-refractivity contribution in [1.82, 2.24) is 9.88 Å². The van der Waals surface area contributed by atoms with Gasteiger partial charge < -0.3 is 9.88 Å². The fourth-order valence-corrected chi connectivity index (χ4v) is 2.86. The second kappa shape index (κ2) is 4.69. The van der Waals surface area contributed by atoms with Crippen LogP contribution < -0.4 is 0 Å². The molecule has 0 radical (unpaired) electrons. The van der Waals surface area contributed by atoms with Gasteiger partial charge in [-0.3, -0.25) is 4.79 Å². The number of nitrogens with zero attached hydrogens (tertiary/aromatic N) is 1. The van der Waals surface area contributed by atoms with Crippen molar-refractivity contribution in [3.63, 3.8) is 0 Å². The normalized spacial score (nSPS) is 19.9. The summed E-state index contributed by atoms with van der Waals surface area (Å²) in [5, 5.41) is 1.20. The smallest absolute Gasteiger partial charge is 0.223 e. The minimum Gasteiger partial charge on any atom is -0.361 e. The van der Waals surface area contributed by atoms with Crippen LogP contribution in [0.3, 0.4) is 0 Å². The molecule has 0 spiro atoms. The van der Waals surface area contributed by atoms with E-state index in [4.69, 9.17) is 0 Å². The van der Waals surface area contributed by atoms with Crippen LogP contribution in [0.25, 0.3) is 10.9 Å². The Balaban J connectivity index is 1.84. The molecule has 18 heavy (non-hydrogen) atoms. The molecule has 2 heterocycles. The molecule has 3 rings (SSSR count). The molecule has 3 nitrogen and oxygen atoms in total. The van der Waals surface area contributed by atoms with E-state index in [1.54, 1.807) is 0 Å². The van der Waals surface area contributed by atoms with Crippen molar-refractivity contribution in [3.8, 4) is 0 Å². The van der Waals surface area contributed by atoms with Crippen LogP contribution in [0.1, 0.15) is 12.0 Å². The molecular weight excluding hydrogens is 244 g/mol. The van der Waals surface area contributed by atoms with Crippen molar-refractivity contribution in [1.29, 1.82) is 0 Å². The van der Waals surface area contributed by atoms with E-state index < -0.39 is 0 Å². The predicted molar refractivity (Wildman–Crippen MR) is 75.7 cm³/mol. The zero-order valence-electron chi connectivity index (χ0n) is 10.1. The minimum absolute atomic E-state index is 0.248. The van der Waals surface area contributed by atoms with E-state index >= 15 is 0 Å². The standard InChI is InChI=1S/C14H16N2OS/c17-13-6-10(9-18)7-16(13)8-12-3-1-2-11-4-5-15-14(11)12/h1-5,10,15,18H,6-9H2. The summed E-state index contributed by atoms with van der Waals surface area (Å²) < 4.78 is 0. The molecule has 1 aromatic heterocycles. The van der Waals surface area contributed by atoms with Gasteiger partial charge >= 0.3 is 0 Å². The number of para-hydroxylation sites is 1. The second-order valence-corrected chi connectivity index (χ2v) is 5.25. The Kier molecular flexibility index (Phi) is 3.04. The first kappa shape index (κ1) is 11.7. The number of likely N-dealkylation sites (tertiary alicyclic amines) is 1. The summed E-state index contributed by atoms with van der Waals surface area (Å²) in [5.74, 6) is 1.44. The van der Waals surface area contributed by atoms with Crippen LogP contribution in [0, 0.1) is 5.92 Å². The first-order chi connectivity index (χ1) is 8.78. The lowest BCUT2D eigenvalue weighted by molar-refractivity contribution is -0.128. The highest BCUT2D eigenvalue weighted by Crippen LogP contribution is 2.24. The van der Waals surface area contributed by atoms with E-state index in [1.165, 1.54) is 10.9 Å². The number of rotatable bonds is 3. The van der Waals surface area contributed by atoms with Crippen LogP contribution in [-0.4, -0.2) is 28.1 Å². The lowest BCUT2D eigenvalue weighted by Crippen LogP contribution is -2.24. The van der Waals surface area contributed by atoms with Gasteiger partial charge in [0, 0.05) is 25.7 Å². The molecule has 1 amide bonds. The summed E-state index contributed by atoms with van der Waals surface area (Å²) in [5.41, 5.74) is 2.32. The third-order valence-corrected chi connectivity index (χ3v) is 4.10. The number of hydrogen-bond acceptors (Lipinski definition) is 2. The summed E-state index contributed by atoms with van der Waals surface area (Å²) in [7, 11) is 0. The first-order valence-electron chi connectivity index (χ1n) is 6.21. The van der Waals surface area contributed by atoms with Gasteiger partial charge in [-0.25, -0.2) is 0 Å². The molecule has 94 valence electrons. The maximum Gasteiger partial charge on any atom is 0.223 e. The number of fused-ring (bicyclic) bond motifs is 1. The van der Waals surface area contributed by atoms with Crippen LogP contribution >= 0.6 is 12.6 Å². The van der Waals surface area contributed by atoms with E-state index in [-0.39, 0.29) is 5.91 Å². The molecule has 1 aromatic carbocycles. The van der Waals surface area contributed by atoms with Crippen LogP contribution in [0.15, 0.2) is 30.5 Å². The number of benzene rings is 1. The third-order valence-electron chi connectivity index (χ3n) is 3.59. The first-order valence-corrected chi connectivity index (χ1v) is 6.85. The molecule has 0 bridgehead atoms. The lowest BCUT2D eigenvalue weighted by Gasteiger charge is -2.17. The predicted octanol–water partition coefficient (Wildman–Crippen LogP) is 2.45. The highest BCUT2D eigenvalue weighted by molar-refractivity contribution is 7.80. The van der Waals surface area contributed by atoms with E-state index in [0.717, 1.165) is 17.8 Å². The van der Waals surface area contributed by atoms with Gasteiger partial charge in [0.1, 0.15) is 0 Å². The summed E-state index contributed by atoms with van der Waals surface area (Å²) in [6.07, 6.45) is 2.58.